The zero-order valence-corrected chi connectivity index (χ0v) is 9.65. The lowest BCUT2D eigenvalue weighted by atomic mass is 10.2. The van der Waals surface area contributed by atoms with Crippen molar-refractivity contribution in [2.75, 3.05) is 19.0 Å². The topological polar surface area (TPSA) is 71.5 Å². The van der Waals surface area contributed by atoms with Crippen LogP contribution in [0.2, 0.25) is 0 Å². The lowest BCUT2D eigenvalue weighted by Crippen LogP contribution is -2.16. The van der Waals surface area contributed by atoms with Gasteiger partial charge in [-0.1, -0.05) is 0 Å². The van der Waals surface area contributed by atoms with Crippen molar-refractivity contribution in [2.45, 2.75) is 20.0 Å². The summed E-state index contributed by atoms with van der Waals surface area (Å²) in [5, 5.41) is 12.1. The van der Waals surface area contributed by atoms with Crippen LogP contribution in [-0.4, -0.2) is 35.8 Å². The number of ether oxygens (including phenoxy) is 1. The van der Waals surface area contributed by atoms with Crippen LogP contribution in [0.5, 0.6) is 0 Å². The van der Waals surface area contributed by atoms with E-state index in [9.17, 15) is 4.79 Å². The van der Waals surface area contributed by atoms with E-state index in [1.54, 1.807) is 26.0 Å². The Balaban J connectivity index is 2.78. The first kappa shape index (κ1) is 12.4. The third-order valence-corrected chi connectivity index (χ3v) is 2.07. The van der Waals surface area contributed by atoms with Crippen molar-refractivity contribution in [1.29, 1.82) is 0 Å². The fraction of sp³-hybridized carbons (Fsp3) is 0.455. The molecule has 1 aromatic heterocycles. The van der Waals surface area contributed by atoms with Crippen LogP contribution < -0.4 is 5.32 Å². The Kier molecular flexibility index (Phi) is 4.25. The molecule has 0 aliphatic rings. The number of nitrogens with one attached hydrogen (secondary N) is 1. The zero-order valence-electron chi connectivity index (χ0n) is 9.65. The highest BCUT2D eigenvalue weighted by atomic mass is 16.5. The molecule has 0 aromatic carbocycles. The van der Waals surface area contributed by atoms with Gasteiger partial charge in [0.25, 0.3) is 0 Å². The summed E-state index contributed by atoms with van der Waals surface area (Å²) in [7, 11) is 1.33. The maximum Gasteiger partial charge on any atom is 0.339 e. The van der Waals surface area contributed by atoms with E-state index >= 15 is 0 Å². The number of rotatable bonds is 4. The third kappa shape index (κ3) is 3.20. The average molecular weight is 224 g/mol. The van der Waals surface area contributed by atoms with E-state index in [1.165, 1.54) is 7.11 Å². The Morgan fingerprint density at radius 3 is 2.81 bits per heavy atom. The Labute approximate surface area is 94.5 Å². The smallest absolute Gasteiger partial charge is 0.339 e. The fourth-order valence-electron chi connectivity index (χ4n) is 1.24. The number of methoxy groups -OCH3 is 1. The quantitative estimate of drug-likeness (QED) is 0.746. The van der Waals surface area contributed by atoms with Crippen molar-refractivity contribution >= 4 is 11.8 Å². The Morgan fingerprint density at radius 2 is 2.31 bits per heavy atom. The molecule has 1 unspecified atom stereocenters. The van der Waals surface area contributed by atoms with Gasteiger partial charge in [0, 0.05) is 6.54 Å². The predicted molar refractivity (Wildman–Crippen MR) is 60.5 cm³/mol. The first-order valence-corrected chi connectivity index (χ1v) is 5.02. The highest BCUT2D eigenvalue weighted by Gasteiger charge is 2.10. The molecule has 0 saturated heterocycles. The minimum atomic E-state index is -0.442. The van der Waals surface area contributed by atoms with Crippen molar-refractivity contribution in [3.63, 3.8) is 0 Å². The summed E-state index contributed by atoms with van der Waals surface area (Å²) in [5.41, 5.74) is 1.05. The van der Waals surface area contributed by atoms with Crippen LogP contribution >= 0.6 is 0 Å². The standard InChI is InChI=1S/C11H16N2O3/c1-7(14)6-12-10-5-4-9(8(2)13-10)11(15)16-3/h4-5,7,14H,6H2,1-3H3,(H,12,13). The molecule has 0 aliphatic carbocycles. The Hall–Kier alpha value is -1.62. The Morgan fingerprint density at radius 1 is 1.62 bits per heavy atom. The molecule has 0 bridgehead atoms. The van der Waals surface area contributed by atoms with Gasteiger partial charge in [-0.15, -0.1) is 0 Å². The summed E-state index contributed by atoms with van der Waals surface area (Å²) in [6.45, 7) is 3.84. The number of nitrogens with zero attached hydrogens (tertiary/aromatic N) is 1. The number of anilines is 1. The molecule has 5 nitrogen and oxygen atoms in total. The van der Waals surface area contributed by atoms with Gasteiger partial charge in [0.05, 0.1) is 24.5 Å². The molecule has 0 aliphatic heterocycles. The number of esters is 1. The largest absolute Gasteiger partial charge is 0.465 e. The summed E-state index contributed by atoms with van der Waals surface area (Å²) in [6.07, 6.45) is -0.442. The second kappa shape index (κ2) is 5.46. The second-order valence-corrected chi connectivity index (χ2v) is 3.55. The number of aliphatic hydroxyl groups is 1. The van der Waals surface area contributed by atoms with Crippen LogP contribution in [0.3, 0.4) is 0 Å². The van der Waals surface area contributed by atoms with E-state index < -0.39 is 12.1 Å². The molecule has 16 heavy (non-hydrogen) atoms. The van der Waals surface area contributed by atoms with E-state index in [0.717, 1.165) is 0 Å². The second-order valence-electron chi connectivity index (χ2n) is 3.55. The number of carbonyl (C=O) groups is 1. The molecule has 0 saturated carbocycles. The molecule has 1 aromatic rings. The lowest BCUT2D eigenvalue weighted by Gasteiger charge is -2.09. The summed E-state index contributed by atoms with van der Waals surface area (Å²) < 4.78 is 4.62. The van der Waals surface area contributed by atoms with Crippen LogP contribution in [0.15, 0.2) is 12.1 Å². The van der Waals surface area contributed by atoms with Crippen molar-refractivity contribution < 1.29 is 14.6 Å². The van der Waals surface area contributed by atoms with Crippen molar-refractivity contribution in [3.8, 4) is 0 Å². The van der Waals surface area contributed by atoms with Gasteiger partial charge in [-0.2, -0.15) is 0 Å². The van der Waals surface area contributed by atoms with Gasteiger partial charge < -0.3 is 15.2 Å². The summed E-state index contributed by atoms with van der Waals surface area (Å²) >= 11 is 0. The fourth-order valence-corrected chi connectivity index (χ4v) is 1.24. The molecule has 1 atom stereocenters. The van der Waals surface area contributed by atoms with Crippen LogP contribution in [0.1, 0.15) is 23.0 Å². The number of carbonyl (C=O) groups excluding carboxylic acids is 1. The van der Waals surface area contributed by atoms with E-state index in [1.807, 2.05) is 0 Å². The third-order valence-electron chi connectivity index (χ3n) is 2.07. The predicted octanol–water partition coefficient (Wildman–Crippen LogP) is 0.969. The molecular formula is C11H16N2O3. The number of hydrogen-bond donors (Lipinski definition) is 2. The maximum absolute atomic E-state index is 11.3. The summed E-state index contributed by atoms with van der Waals surface area (Å²) in [6, 6.07) is 3.33. The van der Waals surface area contributed by atoms with Crippen molar-refractivity contribution in [3.05, 3.63) is 23.4 Å². The zero-order chi connectivity index (χ0) is 12.1. The molecular weight excluding hydrogens is 208 g/mol. The Bertz CT molecular complexity index is 377. The summed E-state index contributed by atoms with van der Waals surface area (Å²) in [4.78, 5) is 15.5. The number of hydrogen-bond acceptors (Lipinski definition) is 5. The highest BCUT2D eigenvalue weighted by molar-refractivity contribution is 5.90. The number of pyridine rings is 1. The van der Waals surface area contributed by atoms with Crippen LogP contribution in [0.4, 0.5) is 5.82 Å². The normalized spacial score (nSPS) is 12.0. The van der Waals surface area contributed by atoms with E-state index in [4.69, 9.17) is 5.11 Å². The van der Waals surface area contributed by atoms with E-state index in [0.29, 0.717) is 23.6 Å². The molecule has 1 heterocycles. The molecule has 1 rings (SSSR count). The van der Waals surface area contributed by atoms with Gasteiger partial charge in [-0.05, 0) is 26.0 Å². The lowest BCUT2D eigenvalue weighted by molar-refractivity contribution is 0.0599. The van der Waals surface area contributed by atoms with Crippen molar-refractivity contribution in [2.24, 2.45) is 0 Å². The molecule has 88 valence electrons. The van der Waals surface area contributed by atoms with Gasteiger partial charge in [0.15, 0.2) is 0 Å². The van der Waals surface area contributed by atoms with E-state index in [-0.39, 0.29) is 0 Å². The summed E-state index contributed by atoms with van der Waals surface area (Å²) in [5.74, 6) is 0.234. The number of aryl methyl sites for hydroxylation is 1. The van der Waals surface area contributed by atoms with E-state index in [2.05, 4.69) is 15.0 Å². The monoisotopic (exact) mass is 224 g/mol. The molecule has 5 heteroatoms. The number of aliphatic hydroxyl groups excluding tert-OH is 1. The van der Waals surface area contributed by atoms with Gasteiger partial charge >= 0.3 is 5.97 Å². The minimum Gasteiger partial charge on any atom is -0.465 e. The molecule has 2 N–H and O–H groups in total. The van der Waals surface area contributed by atoms with Gasteiger partial charge in [-0.3, -0.25) is 0 Å². The molecule has 0 radical (unpaired) electrons. The molecule has 0 spiro atoms. The maximum atomic E-state index is 11.3. The SMILES string of the molecule is COC(=O)c1ccc(NCC(C)O)nc1C. The molecule has 0 fully saturated rings. The minimum absolute atomic E-state index is 0.396. The average Bonchev–Trinajstić information content (AvgIpc) is 2.25. The van der Waals surface area contributed by atoms with Crippen LogP contribution in [-0.2, 0) is 4.74 Å². The first-order valence-electron chi connectivity index (χ1n) is 5.02. The first-order chi connectivity index (χ1) is 7.54. The molecule has 0 amide bonds. The van der Waals surface area contributed by atoms with Crippen LogP contribution in [0.25, 0.3) is 0 Å². The van der Waals surface area contributed by atoms with Gasteiger partial charge in [0.1, 0.15) is 5.82 Å². The van der Waals surface area contributed by atoms with Gasteiger partial charge in [-0.25, -0.2) is 9.78 Å². The van der Waals surface area contributed by atoms with Crippen molar-refractivity contribution in [1.82, 2.24) is 4.98 Å². The van der Waals surface area contributed by atoms with Crippen LogP contribution in [0, 0.1) is 6.92 Å². The number of aromatic nitrogens is 1. The highest BCUT2D eigenvalue weighted by Crippen LogP contribution is 2.11. The van der Waals surface area contributed by atoms with Gasteiger partial charge in [0.2, 0.25) is 0 Å².